The second-order valence-corrected chi connectivity index (χ2v) is 11.1. The van der Waals surface area contributed by atoms with Crippen molar-refractivity contribution in [1.82, 2.24) is 9.47 Å². The third-order valence-corrected chi connectivity index (χ3v) is 8.60. The van der Waals surface area contributed by atoms with Crippen LogP contribution in [-0.4, -0.2) is 60.7 Å². The molecule has 3 aromatic rings. The van der Waals surface area contributed by atoms with Crippen LogP contribution in [0.5, 0.6) is 0 Å². The van der Waals surface area contributed by atoms with Crippen molar-refractivity contribution in [2.24, 2.45) is 0 Å². The standard InChI is InChI=1S/C31H37N3O4.Na/c1-21-8-10-25-26(18-21)33(20-28(35)32-12-5-16-38-17-15-32)13-14-34-27-19-23(31(36)37)9-11-24(27)29(30(25)34)22-6-3-2-4-7-22;/h8-11,18-19,22H,2-7,12-17,20H2,1H3,(H,36,37);/q;+1/p-1. The molecule has 0 radical (unpaired) electrons. The molecule has 0 bridgehead atoms. The molecule has 3 aliphatic rings. The zero-order valence-electron chi connectivity index (χ0n) is 23.2. The zero-order chi connectivity index (χ0) is 26.2. The molecule has 1 amide bonds. The maximum Gasteiger partial charge on any atom is 1.00 e. The van der Waals surface area contributed by atoms with Crippen LogP contribution in [0.25, 0.3) is 22.2 Å². The summed E-state index contributed by atoms with van der Waals surface area (Å²) in [5.41, 5.74) is 7.06. The van der Waals surface area contributed by atoms with Crippen LogP contribution in [-0.2, 0) is 16.1 Å². The predicted octanol–water partition coefficient (Wildman–Crippen LogP) is 1.10. The maximum atomic E-state index is 13.4. The molecule has 0 spiro atoms. The van der Waals surface area contributed by atoms with Gasteiger partial charge in [0.25, 0.3) is 0 Å². The number of carboxylic acids is 1. The summed E-state index contributed by atoms with van der Waals surface area (Å²) >= 11 is 0. The molecular formula is C31H36N3NaO4. The Morgan fingerprint density at radius 1 is 0.949 bits per heavy atom. The van der Waals surface area contributed by atoms with Gasteiger partial charge in [0.1, 0.15) is 0 Å². The first-order chi connectivity index (χ1) is 18.5. The van der Waals surface area contributed by atoms with E-state index in [1.807, 2.05) is 11.0 Å². The molecule has 2 fully saturated rings. The van der Waals surface area contributed by atoms with Gasteiger partial charge in [-0.05, 0) is 60.9 Å². The summed E-state index contributed by atoms with van der Waals surface area (Å²) in [5.74, 6) is -0.582. The van der Waals surface area contributed by atoms with Gasteiger partial charge in [-0.2, -0.15) is 0 Å². The van der Waals surface area contributed by atoms with Gasteiger partial charge < -0.3 is 29.0 Å². The predicted molar refractivity (Wildman–Crippen MR) is 146 cm³/mol. The second-order valence-electron chi connectivity index (χ2n) is 11.1. The molecule has 39 heavy (non-hydrogen) atoms. The monoisotopic (exact) mass is 537 g/mol. The quantitative estimate of drug-likeness (QED) is 0.466. The van der Waals surface area contributed by atoms with Gasteiger partial charge in [0, 0.05) is 54.9 Å². The largest absolute Gasteiger partial charge is 1.00 e. The molecule has 1 saturated heterocycles. The maximum absolute atomic E-state index is 13.4. The number of carbonyl (C=O) groups excluding carboxylic acids is 2. The Hall–Kier alpha value is -2.32. The van der Waals surface area contributed by atoms with E-state index in [-0.39, 0.29) is 41.0 Å². The van der Waals surface area contributed by atoms with E-state index in [1.165, 1.54) is 30.5 Å². The Morgan fingerprint density at radius 3 is 2.56 bits per heavy atom. The molecule has 1 aliphatic carbocycles. The van der Waals surface area contributed by atoms with Gasteiger partial charge in [-0.1, -0.05) is 43.5 Å². The first kappa shape index (κ1) is 28.2. The van der Waals surface area contributed by atoms with Gasteiger partial charge in [0.15, 0.2) is 0 Å². The van der Waals surface area contributed by atoms with E-state index in [0.717, 1.165) is 53.5 Å². The number of carbonyl (C=O) groups is 2. The van der Waals surface area contributed by atoms with E-state index in [1.54, 1.807) is 12.1 Å². The number of aryl methyl sites for hydroxylation is 1. The molecule has 0 N–H and O–H groups in total. The third-order valence-electron chi connectivity index (χ3n) is 8.60. The molecule has 0 unspecified atom stereocenters. The van der Waals surface area contributed by atoms with Gasteiger partial charge in [0.05, 0.1) is 24.8 Å². The van der Waals surface area contributed by atoms with E-state index in [4.69, 9.17) is 4.74 Å². The molecule has 2 aromatic carbocycles. The molecule has 1 aromatic heterocycles. The summed E-state index contributed by atoms with van der Waals surface area (Å²) in [6.07, 6.45) is 6.87. The van der Waals surface area contributed by atoms with E-state index in [0.29, 0.717) is 45.3 Å². The van der Waals surface area contributed by atoms with E-state index < -0.39 is 5.97 Å². The number of hydrogen-bond donors (Lipinski definition) is 0. The SMILES string of the molecule is Cc1ccc2c(c1)N(CC(=O)N1CCCOCC1)CCn1c-2c(C2CCCCC2)c2ccc(C(=O)[O-])cc21.[Na+]. The van der Waals surface area contributed by atoms with E-state index >= 15 is 0 Å². The summed E-state index contributed by atoms with van der Waals surface area (Å²) in [6.45, 7) is 6.43. The topological polar surface area (TPSA) is 77.8 Å². The molecule has 200 valence electrons. The minimum Gasteiger partial charge on any atom is -0.545 e. The third kappa shape index (κ3) is 5.51. The van der Waals surface area contributed by atoms with Crippen molar-refractivity contribution in [2.45, 2.75) is 57.9 Å². The minimum atomic E-state index is -1.15. The van der Waals surface area contributed by atoms with Gasteiger partial charge >= 0.3 is 29.6 Å². The fourth-order valence-corrected chi connectivity index (χ4v) is 6.70. The van der Waals surface area contributed by atoms with E-state index in [2.05, 4.69) is 34.6 Å². The van der Waals surface area contributed by atoms with Crippen molar-refractivity contribution in [3.05, 3.63) is 53.1 Å². The zero-order valence-corrected chi connectivity index (χ0v) is 25.2. The van der Waals surface area contributed by atoms with Gasteiger partial charge in [0.2, 0.25) is 5.91 Å². The summed E-state index contributed by atoms with van der Waals surface area (Å²) in [7, 11) is 0. The van der Waals surface area contributed by atoms with Crippen LogP contribution >= 0.6 is 0 Å². The molecule has 1 saturated carbocycles. The van der Waals surface area contributed by atoms with Crippen molar-refractivity contribution >= 4 is 28.5 Å². The van der Waals surface area contributed by atoms with Crippen molar-refractivity contribution in [3.8, 4) is 11.3 Å². The molecule has 2 aliphatic heterocycles. The van der Waals surface area contributed by atoms with Crippen LogP contribution in [0, 0.1) is 6.92 Å². The summed E-state index contributed by atoms with van der Waals surface area (Å²) < 4.78 is 7.88. The van der Waals surface area contributed by atoms with Gasteiger partial charge in [-0.3, -0.25) is 4.79 Å². The van der Waals surface area contributed by atoms with E-state index in [9.17, 15) is 14.7 Å². The average molecular weight is 538 g/mol. The number of ether oxygens (including phenoxy) is 1. The Bertz CT molecular complexity index is 1370. The number of aromatic carboxylic acids is 1. The van der Waals surface area contributed by atoms with Crippen molar-refractivity contribution in [1.29, 1.82) is 0 Å². The molecule has 0 atom stereocenters. The Kier molecular flexibility index (Phi) is 8.72. The fraction of sp³-hybridized carbons (Fsp3) is 0.484. The Labute approximate surface area is 252 Å². The number of aromatic nitrogens is 1. The number of amides is 1. The van der Waals surface area contributed by atoms with Crippen LogP contribution < -0.4 is 39.6 Å². The summed E-state index contributed by atoms with van der Waals surface area (Å²) in [4.78, 5) is 29.4. The van der Waals surface area contributed by atoms with Crippen LogP contribution in [0.3, 0.4) is 0 Å². The van der Waals surface area contributed by atoms with Crippen LogP contribution in [0.2, 0.25) is 0 Å². The van der Waals surface area contributed by atoms with Crippen molar-refractivity contribution in [3.63, 3.8) is 0 Å². The molecular weight excluding hydrogens is 501 g/mol. The molecule has 6 rings (SSSR count). The number of anilines is 1. The van der Waals surface area contributed by atoms with Gasteiger partial charge in [-0.25, -0.2) is 0 Å². The Balaban J connectivity index is 0.00000308. The first-order valence-electron chi connectivity index (χ1n) is 14.1. The number of fused-ring (bicyclic) bond motifs is 5. The molecule has 3 heterocycles. The molecule has 8 heteroatoms. The number of rotatable bonds is 4. The second kappa shape index (κ2) is 12.0. The van der Waals surface area contributed by atoms with Crippen molar-refractivity contribution < 1.29 is 49.0 Å². The number of benzene rings is 2. The normalized spacial score (nSPS) is 18.1. The average Bonchev–Trinajstić information content (AvgIpc) is 3.07. The van der Waals surface area contributed by atoms with Crippen LogP contribution in [0.15, 0.2) is 36.4 Å². The number of carboxylic acid groups (broad SMARTS) is 1. The number of hydrogen-bond acceptors (Lipinski definition) is 5. The first-order valence-corrected chi connectivity index (χ1v) is 14.1. The van der Waals surface area contributed by atoms with Crippen LogP contribution in [0.4, 0.5) is 5.69 Å². The summed E-state index contributed by atoms with van der Waals surface area (Å²) in [6, 6.07) is 12.0. The Morgan fingerprint density at radius 2 is 1.77 bits per heavy atom. The fourth-order valence-electron chi connectivity index (χ4n) is 6.70. The molecule has 7 nitrogen and oxygen atoms in total. The van der Waals surface area contributed by atoms with Gasteiger partial charge in [-0.15, -0.1) is 0 Å². The summed E-state index contributed by atoms with van der Waals surface area (Å²) in [5, 5.41) is 12.9. The number of nitrogens with zero attached hydrogens (tertiary/aromatic N) is 3. The minimum absolute atomic E-state index is 0. The smallest absolute Gasteiger partial charge is 0.545 e. The van der Waals surface area contributed by atoms with Crippen molar-refractivity contribution in [2.75, 3.05) is 44.3 Å². The van der Waals surface area contributed by atoms with Crippen LogP contribution in [0.1, 0.15) is 65.9 Å².